The Balaban J connectivity index is 1.25. The van der Waals surface area contributed by atoms with Crippen molar-refractivity contribution in [1.82, 2.24) is 4.90 Å². The van der Waals surface area contributed by atoms with Crippen LogP contribution in [0.5, 0.6) is 0 Å². The van der Waals surface area contributed by atoms with Crippen LogP contribution in [0.4, 0.5) is 5.69 Å². The number of rotatable bonds is 9. The Labute approximate surface area is 263 Å². The van der Waals surface area contributed by atoms with Gasteiger partial charge in [0.25, 0.3) is 11.8 Å². The minimum Gasteiger partial charge on any atom is -0.392 e. The number of aliphatic hydroxyl groups excluding tert-OH is 2. The summed E-state index contributed by atoms with van der Waals surface area (Å²) >= 11 is 0. The smallest absolute Gasteiger partial charge is 0.266 e. The SMILES string of the molecule is C[C@H]1[C@@H](CN(C)[C@@H](C)[C@H](O)c2ccccc2)O[C@@H](c2ccc(N3C(=O)c4ccccc4C3=O)cc2)O[C@H]1c1ccc(CO)cc1. The summed E-state index contributed by atoms with van der Waals surface area (Å²) in [6, 6.07) is 31.2. The Morgan fingerprint density at radius 2 is 1.38 bits per heavy atom. The Bertz CT molecular complexity index is 1610. The first-order chi connectivity index (χ1) is 21.8. The van der Waals surface area contributed by atoms with Gasteiger partial charge in [-0.1, -0.05) is 85.8 Å². The fraction of sp³-hybridized carbons (Fsp3) is 0.297. The highest BCUT2D eigenvalue weighted by Crippen LogP contribution is 2.42. The van der Waals surface area contributed by atoms with E-state index in [-0.39, 0.29) is 42.6 Å². The van der Waals surface area contributed by atoms with Crippen molar-refractivity contribution in [2.45, 2.75) is 51.1 Å². The highest BCUT2D eigenvalue weighted by atomic mass is 16.7. The molecule has 0 aromatic heterocycles. The number of benzene rings is 4. The van der Waals surface area contributed by atoms with Crippen LogP contribution in [0.3, 0.4) is 0 Å². The van der Waals surface area contributed by atoms with Gasteiger partial charge >= 0.3 is 0 Å². The molecule has 0 spiro atoms. The molecule has 0 unspecified atom stereocenters. The fourth-order valence-electron chi connectivity index (χ4n) is 6.15. The van der Waals surface area contributed by atoms with Crippen molar-refractivity contribution in [3.05, 3.63) is 137 Å². The van der Waals surface area contributed by atoms with Crippen LogP contribution in [0.1, 0.15) is 75.3 Å². The van der Waals surface area contributed by atoms with Gasteiger partial charge in [-0.3, -0.25) is 14.5 Å². The van der Waals surface area contributed by atoms with Gasteiger partial charge in [0.2, 0.25) is 0 Å². The lowest BCUT2D eigenvalue weighted by atomic mass is 9.89. The van der Waals surface area contributed by atoms with Crippen LogP contribution in [0.2, 0.25) is 0 Å². The number of hydrogen-bond donors (Lipinski definition) is 2. The summed E-state index contributed by atoms with van der Waals surface area (Å²) in [5.41, 5.74) is 4.67. The lowest BCUT2D eigenvalue weighted by Crippen LogP contribution is -2.46. The van der Waals surface area contributed by atoms with Crippen molar-refractivity contribution in [2.75, 3.05) is 18.5 Å². The number of nitrogens with zero attached hydrogens (tertiary/aromatic N) is 2. The zero-order chi connectivity index (χ0) is 31.7. The summed E-state index contributed by atoms with van der Waals surface area (Å²) in [4.78, 5) is 29.4. The summed E-state index contributed by atoms with van der Waals surface area (Å²) in [5, 5.41) is 20.7. The van der Waals surface area contributed by atoms with Gasteiger partial charge in [0, 0.05) is 24.1 Å². The van der Waals surface area contributed by atoms with Gasteiger partial charge in [0.05, 0.1) is 41.7 Å². The number of aliphatic hydroxyl groups is 2. The van der Waals surface area contributed by atoms with Gasteiger partial charge in [0.15, 0.2) is 6.29 Å². The third-order valence-electron chi connectivity index (χ3n) is 9.10. The molecule has 2 aliphatic rings. The van der Waals surface area contributed by atoms with Crippen molar-refractivity contribution in [3.63, 3.8) is 0 Å². The van der Waals surface area contributed by atoms with E-state index in [0.29, 0.717) is 23.4 Å². The number of imide groups is 1. The molecule has 6 rings (SSSR count). The molecule has 0 aliphatic carbocycles. The van der Waals surface area contributed by atoms with E-state index in [1.54, 1.807) is 36.4 Å². The van der Waals surface area contributed by atoms with Gasteiger partial charge in [0.1, 0.15) is 0 Å². The standard InChI is InChI=1S/C37H38N2O6/c1-23-32(21-38(3)24(2)33(41)26-9-5-4-6-10-26)44-37(45-34(23)27-15-13-25(22-40)14-16-27)28-17-19-29(20-18-28)39-35(42)30-11-7-8-12-31(30)36(39)43/h4-20,23-24,32-34,37,40-41H,21-22H2,1-3H3/t23-,24-,32+,33-,34+,37+/m0/s1. The quantitative estimate of drug-likeness (QED) is 0.232. The average Bonchev–Trinajstić information content (AvgIpc) is 3.34. The van der Waals surface area contributed by atoms with Crippen LogP contribution in [0.25, 0.3) is 0 Å². The van der Waals surface area contributed by atoms with E-state index in [2.05, 4.69) is 11.8 Å². The first-order valence-corrected chi connectivity index (χ1v) is 15.3. The summed E-state index contributed by atoms with van der Waals surface area (Å²) in [6.45, 7) is 4.61. The summed E-state index contributed by atoms with van der Waals surface area (Å²) in [5.74, 6) is -0.727. The maximum Gasteiger partial charge on any atom is 0.266 e. The second-order valence-corrected chi connectivity index (χ2v) is 11.9. The third-order valence-corrected chi connectivity index (χ3v) is 9.10. The number of fused-ring (bicyclic) bond motifs is 1. The number of carbonyl (C=O) groups is 2. The number of anilines is 1. The molecule has 2 amide bonds. The maximum atomic E-state index is 13.0. The van der Waals surface area contributed by atoms with E-state index in [9.17, 15) is 19.8 Å². The molecule has 2 heterocycles. The predicted octanol–water partition coefficient (Wildman–Crippen LogP) is 5.82. The van der Waals surface area contributed by atoms with Crippen molar-refractivity contribution >= 4 is 17.5 Å². The molecule has 8 nitrogen and oxygen atoms in total. The second-order valence-electron chi connectivity index (χ2n) is 11.9. The molecular formula is C37H38N2O6. The first-order valence-electron chi connectivity index (χ1n) is 15.3. The number of hydrogen-bond acceptors (Lipinski definition) is 7. The average molecular weight is 607 g/mol. The van der Waals surface area contributed by atoms with Crippen molar-refractivity contribution in [2.24, 2.45) is 5.92 Å². The second kappa shape index (κ2) is 13.0. The van der Waals surface area contributed by atoms with E-state index in [4.69, 9.17) is 9.47 Å². The molecule has 4 aromatic carbocycles. The summed E-state index contributed by atoms with van der Waals surface area (Å²) in [6.07, 6.45) is -1.94. The molecule has 1 saturated heterocycles. The highest BCUT2D eigenvalue weighted by Gasteiger charge is 2.40. The molecule has 232 valence electrons. The molecule has 2 N–H and O–H groups in total. The zero-order valence-corrected chi connectivity index (χ0v) is 25.6. The zero-order valence-electron chi connectivity index (χ0n) is 25.6. The van der Waals surface area contributed by atoms with Gasteiger partial charge in [-0.15, -0.1) is 0 Å². The molecule has 0 bridgehead atoms. The number of likely N-dealkylation sites (N-methyl/N-ethyl adjacent to an activating group) is 1. The van der Waals surface area contributed by atoms with Crippen molar-refractivity contribution < 1.29 is 29.3 Å². The Kier molecular flexibility index (Phi) is 8.94. The van der Waals surface area contributed by atoms with Gasteiger partial charge in [-0.05, 0) is 54.9 Å². The topological polar surface area (TPSA) is 99.5 Å². The first kappa shape index (κ1) is 30.8. The molecule has 4 aromatic rings. The van der Waals surface area contributed by atoms with Gasteiger partial charge < -0.3 is 19.7 Å². The predicted molar refractivity (Wildman–Crippen MR) is 170 cm³/mol. The van der Waals surface area contributed by atoms with Gasteiger partial charge in [-0.25, -0.2) is 4.90 Å². The van der Waals surface area contributed by atoms with E-state index >= 15 is 0 Å². The molecular weight excluding hydrogens is 568 g/mol. The monoisotopic (exact) mass is 606 g/mol. The third kappa shape index (κ3) is 6.08. The Hall–Kier alpha value is -4.18. The van der Waals surface area contributed by atoms with E-state index < -0.39 is 12.4 Å². The number of ether oxygens (including phenoxy) is 2. The van der Waals surface area contributed by atoms with E-state index in [1.165, 1.54) is 4.90 Å². The van der Waals surface area contributed by atoms with Crippen LogP contribution in [0, 0.1) is 5.92 Å². The maximum absolute atomic E-state index is 13.0. The van der Waals surface area contributed by atoms with E-state index in [0.717, 1.165) is 22.3 Å². The Morgan fingerprint density at radius 1 is 0.800 bits per heavy atom. The molecule has 45 heavy (non-hydrogen) atoms. The molecule has 0 saturated carbocycles. The number of amides is 2. The normalized spacial score (nSPS) is 22.8. The largest absolute Gasteiger partial charge is 0.392 e. The lowest BCUT2D eigenvalue weighted by Gasteiger charge is -2.43. The molecule has 8 heteroatoms. The molecule has 2 aliphatic heterocycles. The molecule has 6 atom stereocenters. The Morgan fingerprint density at radius 3 is 1.98 bits per heavy atom. The van der Waals surface area contributed by atoms with Crippen LogP contribution < -0.4 is 4.90 Å². The minimum atomic E-state index is -0.715. The van der Waals surface area contributed by atoms with E-state index in [1.807, 2.05) is 80.7 Å². The van der Waals surface area contributed by atoms with Gasteiger partial charge in [-0.2, -0.15) is 0 Å². The summed E-state index contributed by atoms with van der Waals surface area (Å²) in [7, 11) is 1.99. The van der Waals surface area contributed by atoms with Crippen molar-refractivity contribution in [3.8, 4) is 0 Å². The lowest BCUT2D eigenvalue weighted by molar-refractivity contribution is -0.276. The van der Waals surface area contributed by atoms with Crippen molar-refractivity contribution in [1.29, 1.82) is 0 Å². The van der Waals surface area contributed by atoms with Crippen LogP contribution in [0.15, 0.2) is 103 Å². The van der Waals surface area contributed by atoms with Crippen LogP contribution in [-0.4, -0.2) is 52.7 Å². The summed E-state index contributed by atoms with van der Waals surface area (Å²) < 4.78 is 13.2. The molecule has 1 fully saturated rings. The minimum absolute atomic E-state index is 0.0395. The number of carbonyl (C=O) groups excluding carboxylic acids is 2. The van der Waals surface area contributed by atoms with Crippen LogP contribution >= 0.6 is 0 Å². The fourth-order valence-corrected chi connectivity index (χ4v) is 6.15. The molecule has 0 radical (unpaired) electrons. The van der Waals surface area contributed by atoms with Crippen LogP contribution in [-0.2, 0) is 16.1 Å². The highest BCUT2D eigenvalue weighted by molar-refractivity contribution is 6.34.